The van der Waals surface area contributed by atoms with E-state index in [0.717, 1.165) is 47.8 Å². The van der Waals surface area contributed by atoms with Crippen molar-refractivity contribution in [1.29, 1.82) is 0 Å². The van der Waals surface area contributed by atoms with Crippen LogP contribution in [0.1, 0.15) is 32.3 Å². The van der Waals surface area contributed by atoms with Gasteiger partial charge in [0.1, 0.15) is 20.4 Å². The third kappa shape index (κ3) is 3.79. The van der Waals surface area contributed by atoms with E-state index in [2.05, 4.69) is 23.6 Å². The van der Waals surface area contributed by atoms with E-state index in [1.807, 2.05) is 19.1 Å². The van der Waals surface area contributed by atoms with Crippen LogP contribution in [0.4, 0.5) is 0 Å². The number of ether oxygens (including phenoxy) is 2. The zero-order chi connectivity index (χ0) is 19.0. The van der Waals surface area contributed by atoms with E-state index in [1.165, 1.54) is 25.9 Å². The van der Waals surface area contributed by atoms with Crippen LogP contribution in [-0.2, 0) is 4.57 Å². The van der Waals surface area contributed by atoms with Gasteiger partial charge in [-0.1, -0.05) is 6.07 Å². The monoisotopic (exact) mass is 392 g/mol. The number of aryl methyl sites for hydroxylation is 1. The third-order valence-corrected chi connectivity index (χ3v) is 9.62. The summed E-state index contributed by atoms with van der Waals surface area (Å²) in [7, 11) is -2.42. The number of nitrogens with zero attached hydrogens (tertiary/aromatic N) is 2. The molecular formula is C21H33N2O3P. The molecule has 1 aromatic rings. The van der Waals surface area contributed by atoms with Crippen LogP contribution in [0.25, 0.3) is 0 Å². The van der Waals surface area contributed by atoms with E-state index < -0.39 is 7.14 Å². The minimum absolute atomic E-state index is 0.546. The van der Waals surface area contributed by atoms with Crippen molar-refractivity contribution in [3.63, 3.8) is 0 Å². The van der Waals surface area contributed by atoms with Crippen LogP contribution in [0.3, 0.4) is 0 Å². The van der Waals surface area contributed by atoms with Crippen LogP contribution in [0.15, 0.2) is 12.1 Å². The molecule has 0 aliphatic carbocycles. The Morgan fingerprint density at radius 2 is 1.63 bits per heavy atom. The quantitative estimate of drug-likeness (QED) is 0.740. The van der Waals surface area contributed by atoms with Gasteiger partial charge in [-0.2, -0.15) is 0 Å². The van der Waals surface area contributed by atoms with Crippen LogP contribution in [0.2, 0.25) is 0 Å². The molecule has 150 valence electrons. The normalized spacial score (nSPS) is 24.3. The molecule has 3 heterocycles. The molecule has 4 rings (SSSR count). The molecular weight excluding hydrogens is 359 g/mol. The number of piperidine rings is 1. The van der Waals surface area contributed by atoms with Crippen molar-refractivity contribution < 1.29 is 14.0 Å². The number of hydrogen-bond acceptors (Lipinski definition) is 5. The van der Waals surface area contributed by atoms with Crippen LogP contribution >= 0.6 is 7.14 Å². The molecule has 2 saturated heterocycles. The Bertz CT molecular complexity index is 716. The second-order valence-corrected chi connectivity index (χ2v) is 11.6. The van der Waals surface area contributed by atoms with Gasteiger partial charge in [0.2, 0.25) is 0 Å². The first kappa shape index (κ1) is 19.3. The maximum Gasteiger partial charge on any atom is 0.172 e. The molecule has 0 aromatic heterocycles. The van der Waals surface area contributed by atoms with Gasteiger partial charge in [0, 0.05) is 37.5 Å². The highest BCUT2D eigenvalue weighted by Crippen LogP contribution is 2.51. The first-order chi connectivity index (χ1) is 13.0. The topological polar surface area (TPSA) is 42.0 Å². The Labute approximate surface area is 163 Å². The van der Waals surface area contributed by atoms with Gasteiger partial charge in [0.05, 0.1) is 5.30 Å². The molecule has 5 nitrogen and oxygen atoms in total. The van der Waals surface area contributed by atoms with E-state index in [4.69, 9.17) is 9.47 Å². The number of benzene rings is 1. The van der Waals surface area contributed by atoms with Gasteiger partial charge in [-0.15, -0.1) is 0 Å². The molecule has 0 N–H and O–H groups in total. The lowest BCUT2D eigenvalue weighted by atomic mass is 10.0. The number of fused-ring (bicyclic) bond motifs is 1. The molecule has 3 aliphatic rings. The van der Waals surface area contributed by atoms with Gasteiger partial charge in [-0.05, 0) is 58.3 Å². The Morgan fingerprint density at radius 3 is 2.26 bits per heavy atom. The van der Waals surface area contributed by atoms with Gasteiger partial charge in [-0.25, -0.2) is 0 Å². The van der Waals surface area contributed by atoms with Crippen molar-refractivity contribution in [3.05, 3.63) is 17.7 Å². The molecule has 6 heteroatoms. The predicted molar refractivity (Wildman–Crippen MR) is 110 cm³/mol. The summed E-state index contributed by atoms with van der Waals surface area (Å²) in [5.41, 5.74) is 1.07. The second-order valence-electron chi connectivity index (χ2n) is 8.49. The molecule has 27 heavy (non-hydrogen) atoms. The van der Waals surface area contributed by atoms with Crippen molar-refractivity contribution in [2.75, 3.05) is 51.7 Å². The van der Waals surface area contributed by atoms with Crippen molar-refractivity contribution in [3.8, 4) is 11.5 Å². The zero-order valence-corrected chi connectivity index (χ0v) is 17.8. The largest absolute Gasteiger partial charge is 0.486 e. The Hall–Kier alpha value is -1.03. The van der Waals surface area contributed by atoms with Crippen LogP contribution in [-0.4, -0.2) is 73.6 Å². The van der Waals surface area contributed by atoms with E-state index in [9.17, 15) is 4.57 Å². The van der Waals surface area contributed by atoms with E-state index in [1.54, 1.807) is 0 Å². The van der Waals surface area contributed by atoms with Crippen molar-refractivity contribution in [2.45, 2.75) is 45.7 Å². The van der Waals surface area contributed by atoms with Crippen molar-refractivity contribution in [2.24, 2.45) is 0 Å². The Balaban J connectivity index is 1.44. The lowest BCUT2D eigenvalue weighted by Gasteiger charge is -2.43. The smallest absolute Gasteiger partial charge is 0.172 e. The van der Waals surface area contributed by atoms with Gasteiger partial charge in [0.25, 0.3) is 0 Å². The summed E-state index contributed by atoms with van der Waals surface area (Å²) >= 11 is 0. The minimum Gasteiger partial charge on any atom is -0.486 e. The average molecular weight is 392 g/mol. The van der Waals surface area contributed by atoms with Crippen molar-refractivity contribution >= 4 is 12.4 Å². The van der Waals surface area contributed by atoms with Crippen molar-refractivity contribution in [1.82, 2.24) is 9.80 Å². The summed E-state index contributed by atoms with van der Waals surface area (Å²) in [6.07, 6.45) is 3.99. The maximum atomic E-state index is 13.8. The Morgan fingerprint density at radius 1 is 1.00 bits per heavy atom. The number of hydrogen-bond donors (Lipinski definition) is 0. The molecule has 3 aliphatic heterocycles. The summed E-state index contributed by atoms with van der Waals surface area (Å²) < 4.78 is 25.5. The molecule has 0 radical (unpaired) electrons. The van der Waals surface area contributed by atoms with Crippen LogP contribution in [0.5, 0.6) is 11.5 Å². The van der Waals surface area contributed by atoms with Gasteiger partial charge in [-0.3, -0.25) is 4.90 Å². The number of rotatable bonds is 3. The average Bonchev–Trinajstić information content (AvgIpc) is 2.69. The number of likely N-dealkylation sites (tertiary alicyclic amines) is 1. The molecule has 1 aromatic carbocycles. The minimum atomic E-state index is -2.42. The summed E-state index contributed by atoms with van der Waals surface area (Å²) in [6, 6.07) is 5.36. The van der Waals surface area contributed by atoms with Gasteiger partial charge in [0.15, 0.2) is 11.5 Å². The first-order valence-corrected chi connectivity index (χ1v) is 12.5. The fourth-order valence-electron chi connectivity index (χ4n) is 4.75. The molecule has 0 amide bonds. The SMILES string of the molecule is Cc1ccc(P2(=O)CCN(C3CCN(C(C)C)CC3)CC2)c2c1OCCO2. The zero-order valence-electron chi connectivity index (χ0n) is 16.9. The van der Waals surface area contributed by atoms with Gasteiger partial charge < -0.3 is 18.9 Å². The predicted octanol–water partition coefficient (Wildman–Crippen LogP) is 2.94. The maximum absolute atomic E-state index is 13.8. The Kier molecular flexibility index (Phi) is 5.55. The van der Waals surface area contributed by atoms with E-state index in [0.29, 0.717) is 25.3 Å². The molecule has 0 spiro atoms. The molecule has 0 atom stereocenters. The lowest BCUT2D eigenvalue weighted by molar-refractivity contribution is 0.0974. The molecule has 0 unspecified atom stereocenters. The van der Waals surface area contributed by atoms with Crippen LogP contribution in [0, 0.1) is 6.92 Å². The summed E-state index contributed by atoms with van der Waals surface area (Å²) in [5.74, 6) is 1.56. The van der Waals surface area contributed by atoms with E-state index in [-0.39, 0.29) is 0 Å². The highest BCUT2D eigenvalue weighted by Gasteiger charge is 2.37. The third-order valence-electron chi connectivity index (χ3n) is 6.55. The second kappa shape index (κ2) is 7.77. The standard InChI is InChI=1S/C21H33N2O3P/c1-16(2)22-8-6-18(7-9-22)23-10-14-27(24,15-11-23)19-5-4-17(3)20-21(19)26-13-12-25-20/h4-5,16,18H,6-15H2,1-3H3. The fraction of sp³-hybridized carbons (Fsp3) is 0.714. The fourth-order valence-corrected chi connectivity index (χ4v) is 7.50. The molecule has 0 bridgehead atoms. The first-order valence-electron chi connectivity index (χ1n) is 10.4. The summed E-state index contributed by atoms with van der Waals surface area (Å²) in [4.78, 5) is 5.16. The van der Waals surface area contributed by atoms with Crippen LogP contribution < -0.4 is 14.8 Å². The van der Waals surface area contributed by atoms with Gasteiger partial charge >= 0.3 is 0 Å². The van der Waals surface area contributed by atoms with E-state index >= 15 is 0 Å². The summed E-state index contributed by atoms with van der Waals surface area (Å²) in [5, 5.41) is 0.914. The highest BCUT2D eigenvalue weighted by atomic mass is 31.2. The highest BCUT2D eigenvalue weighted by molar-refractivity contribution is 7.71. The molecule has 0 saturated carbocycles. The molecule has 2 fully saturated rings. The lowest BCUT2D eigenvalue weighted by Crippen LogP contribution is -2.50. The summed E-state index contributed by atoms with van der Waals surface area (Å²) in [6.45, 7) is 12.0.